The number of benzene rings is 1. The van der Waals surface area contributed by atoms with Crippen LogP contribution in [0.5, 0.6) is 0 Å². The Labute approximate surface area is 98.5 Å². The Bertz CT molecular complexity index is 537. The maximum Gasteiger partial charge on any atom is 0.132 e. The summed E-state index contributed by atoms with van der Waals surface area (Å²) in [4.78, 5) is 0. The quantitative estimate of drug-likeness (QED) is 0.848. The van der Waals surface area contributed by atoms with E-state index in [-0.39, 0.29) is 12.4 Å². The van der Waals surface area contributed by atoms with E-state index in [9.17, 15) is 4.39 Å². The van der Waals surface area contributed by atoms with Crippen LogP contribution in [0.4, 0.5) is 10.2 Å². The number of aromatic nitrogens is 2. The van der Waals surface area contributed by atoms with Crippen molar-refractivity contribution in [2.24, 2.45) is 0 Å². The molecular formula is C12H14FN3O. The van der Waals surface area contributed by atoms with Gasteiger partial charge in [-0.25, -0.2) is 9.07 Å². The van der Waals surface area contributed by atoms with Gasteiger partial charge in [0.15, 0.2) is 0 Å². The van der Waals surface area contributed by atoms with E-state index < -0.39 is 0 Å². The Morgan fingerprint density at radius 3 is 2.88 bits per heavy atom. The van der Waals surface area contributed by atoms with Gasteiger partial charge in [0.05, 0.1) is 18.8 Å². The van der Waals surface area contributed by atoms with Gasteiger partial charge >= 0.3 is 0 Å². The van der Waals surface area contributed by atoms with Gasteiger partial charge in [-0.1, -0.05) is 11.6 Å². The third-order valence-electron chi connectivity index (χ3n) is 2.52. The van der Waals surface area contributed by atoms with E-state index in [0.717, 1.165) is 5.56 Å². The molecule has 0 amide bonds. The van der Waals surface area contributed by atoms with Gasteiger partial charge in [-0.2, -0.15) is 5.10 Å². The molecule has 17 heavy (non-hydrogen) atoms. The first kappa shape index (κ1) is 11.6. The highest BCUT2D eigenvalue weighted by molar-refractivity contribution is 5.63. The van der Waals surface area contributed by atoms with Crippen LogP contribution in [0.25, 0.3) is 11.3 Å². The fourth-order valence-electron chi connectivity index (χ4n) is 1.67. The molecule has 0 aliphatic rings. The monoisotopic (exact) mass is 235 g/mol. The Morgan fingerprint density at radius 1 is 1.41 bits per heavy atom. The molecule has 0 atom stereocenters. The molecule has 0 radical (unpaired) electrons. The van der Waals surface area contributed by atoms with Gasteiger partial charge in [-0.3, -0.25) is 0 Å². The highest BCUT2D eigenvalue weighted by Crippen LogP contribution is 2.24. The molecule has 1 aromatic carbocycles. The van der Waals surface area contributed by atoms with E-state index in [1.807, 2.05) is 6.92 Å². The number of hydrogen-bond donors (Lipinski definition) is 2. The van der Waals surface area contributed by atoms with Crippen LogP contribution in [0, 0.1) is 12.7 Å². The normalized spacial score (nSPS) is 10.8. The molecule has 0 saturated carbocycles. The zero-order valence-corrected chi connectivity index (χ0v) is 9.52. The number of aryl methyl sites for hydroxylation is 1. The van der Waals surface area contributed by atoms with Crippen molar-refractivity contribution in [3.05, 3.63) is 35.6 Å². The van der Waals surface area contributed by atoms with Crippen molar-refractivity contribution in [1.29, 1.82) is 0 Å². The van der Waals surface area contributed by atoms with Crippen molar-refractivity contribution in [1.82, 2.24) is 9.78 Å². The van der Waals surface area contributed by atoms with E-state index in [1.54, 1.807) is 18.2 Å². The highest BCUT2D eigenvalue weighted by Gasteiger charge is 2.11. The molecule has 0 aliphatic heterocycles. The lowest BCUT2D eigenvalue weighted by molar-refractivity contribution is 0.270. The Balaban J connectivity index is 2.45. The summed E-state index contributed by atoms with van der Waals surface area (Å²) in [7, 11) is 0. The van der Waals surface area contributed by atoms with E-state index >= 15 is 0 Å². The Hall–Kier alpha value is -1.88. The minimum atomic E-state index is -0.329. The molecule has 0 aliphatic carbocycles. The largest absolute Gasteiger partial charge is 0.394 e. The minimum Gasteiger partial charge on any atom is -0.394 e. The molecule has 0 unspecified atom stereocenters. The summed E-state index contributed by atoms with van der Waals surface area (Å²) < 4.78 is 15.1. The van der Waals surface area contributed by atoms with Crippen molar-refractivity contribution in [2.75, 3.05) is 12.3 Å². The number of aliphatic hydroxyl groups is 1. The zero-order chi connectivity index (χ0) is 12.4. The molecule has 0 saturated heterocycles. The first-order valence-corrected chi connectivity index (χ1v) is 5.32. The maximum atomic E-state index is 13.6. The first-order chi connectivity index (χ1) is 8.11. The van der Waals surface area contributed by atoms with Crippen molar-refractivity contribution in [3.8, 4) is 11.3 Å². The predicted octanol–water partition coefficient (Wildman–Crippen LogP) is 1.57. The van der Waals surface area contributed by atoms with Crippen LogP contribution in [0.3, 0.4) is 0 Å². The number of aliphatic hydroxyl groups excluding tert-OH is 1. The van der Waals surface area contributed by atoms with Gasteiger partial charge in [0.1, 0.15) is 11.6 Å². The van der Waals surface area contributed by atoms with Crippen LogP contribution >= 0.6 is 0 Å². The Kier molecular flexibility index (Phi) is 3.10. The summed E-state index contributed by atoms with van der Waals surface area (Å²) >= 11 is 0. The molecular weight excluding hydrogens is 221 g/mol. The molecule has 2 rings (SSSR count). The SMILES string of the molecule is Cc1ccc(F)c(-c2cc(N)n(CCO)n2)c1. The first-order valence-electron chi connectivity index (χ1n) is 5.32. The highest BCUT2D eigenvalue weighted by atomic mass is 19.1. The van der Waals surface area contributed by atoms with Crippen LogP contribution < -0.4 is 5.73 Å². The van der Waals surface area contributed by atoms with Crippen LogP contribution in [-0.4, -0.2) is 21.5 Å². The number of hydrogen-bond acceptors (Lipinski definition) is 3. The van der Waals surface area contributed by atoms with Gasteiger partial charge in [0.2, 0.25) is 0 Å². The van der Waals surface area contributed by atoms with Gasteiger partial charge in [0.25, 0.3) is 0 Å². The van der Waals surface area contributed by atoms with E-state index in [4.69, 9.17) is 10.8 Å². The maximum absolute atomic E-state index is 13.6. The number of anilines is 1. The van der Waals surface area contributed by atoms with E-state index in [0.29, 0.717) is 23.6 Å². The van der Waals surface area contributed by atoms with Gasteiger partial charge < -0.3 is 10.8 Å². The predicted molar refractivity (Wildman–Crippen MR) is 63.9 cm³/mol. The van der Waals surface area contributed by atoms with E-state index in [1.165, 1.54) is 10.7 Å². The summed E-state index contributed by atoms with van der Waals surface area (Å²) in [6.07, 6.45) is 0. The fraction of sp³-hybridized carbons (Fsp3) is 0.250. The molecule has 5 heteroatoms. The molecule has 0 bridgehead atoms. The smallest absolute Gasteiger partial charge is 0.132 e. The average Bonchev–Trinajstić information content (AvgIpc) is 2.64. The lowest BCUT2D eigenvalue weighted by Crippen LogP contribution is -2.07. The number of nitrogens with zero attached hydrogens (tertiary/aromatic N) is 2. The molecule has 90 valence electrons. The second-order valence-corrected chi connectivity index (χ2v) is 3.88. The third kappa shape index (κ3) is 2.29. The standard InChI is InChI=1S/C12H14FN3O/c1-8-2-3-10(13)9(6-8)11-7-12(14)16(15-11)4-5-17/h2-3,6-7,17H,4-5,14H2,1H3. The Morgan fingerprint density at radius 2 is 2.18 bits per heavy atom. The molecule has 4 nitrogen and oxygen atoms in total. The number of nitrogens with two attached hydrogens (primary N) is 1. The summed E-state index contributed by atoms with van der Waals surface area (Å²) in [6.45, 7) is 2.14. The van der Waals surface area contributed by atoms with Gasteiger partial charge in [-0.05, 0) is 19.1 Å². The summed E-state index contributed by atoms with van der Waals surface area (Å²) in [6, 6.07) is 6.44. The molecule has 0 spiro atoms. The average molecular weight is 235 g/mol. The van der Waals surface area contributed by atoms with Crippen molar-refractivity contribution in [2.45, 2.75) is 13.5 Å². The van der Waals surface area contributed by atoms with Gasteiger partial charge in [-0.15, -0.1) is 0 Å². The summed E-state index contributed by atoms with van der Waals surface area (Å²) in [5, 5.41) is 13.0. The summed E-state index contributed by atoms with van der Waals surface area (Å²) in [5.74, 6) is 0.0826. The lowest BCUT2D eigenvalue weighted by Gasteiger charge is -2.01. The number of rotatable bonds is 3. The number of halogens is 1. The van der Waals surface area contributed by atoms with E-state index in [2.05, 4.69) is 5.10 Å². The van der Waals surface area contributed by atoms with Crippen LogP contribution in [0.15, 0.2) is 24.3 Å². The molecule has 3 N–H and O–H groups in total. The van der Waals surface area contributed by atoms with Crippen LogP contribution in [0.1, 0.15) is 5.56 Å². The van der Waals surface area contributed by atoms with Crippen LogP contribution in [-0.2, 0) is 6.54 Å². The topological polar surface area (TPSA) is 64.1 Å². The molecule has 1 aromatic heterocycles. The van der Waals surface area contributed by atoms with Crippen molar-refractivity contribution >= 4 is 5.82 Å². The fourth-order valence-corrected chi connectivity index (χ4v) is 1.67. The second kappa shape index (κ2) is 4.55. The molecule has 1 heterocycles. The van der Waals surface area contributed by atoms with Crippen molar-refractivity contribution < 1.29 is 9.50 Å². The van der Waals surface area contributed by atoms with Crippen molar-refractivity contribution in [3.63, 3.8) is 0 Å². The summed E-state index contributed by atoms with van der Waals surface area (Å²) in [5.41, 5.74) is 7.58. The second-order valence-electron chi connectivity index (χ2n) is 3.88. The third-order valence-corrected chi connectivity index (χ3v) is 2.52. The molecule has 0 fully saturated rings. The zero-order valence-electron chi connectivity index (χ0n) is 9.52. The van der Waals surface area contributed by atoms with Gasteiger partial charge in [0, 0.05) is 11.6 Å². The molecule has 2 aromatic rings. The lowest BCUT2D eigenvalue weighted by atomic mass is 10.1. The minimum absolute atomic E-state index is 0.0539. The van der Waals surface area contributed by atoms with Crippen LogP contribution in [0.2, 0.25) is 0 Å². The number of nitrogen functional groups attached to an aromatic ring is 1.